The Morgan fingerprint density at radius 1 is 1.80 bits per heavy atom. The van der Waals surface area contributed by atoms with Crippen LogP contribution in [-0.2, 0) is 0 Å². The fourth-order valence-electron chi connectivity index (χ4n) is 0.144. The Hall–Kier alpha value is 0.235. The van der Waals surface area contributed by atoms with Crippen LogP contribution in [0.2, 0.25) is 6.32 Å². The summed E-state index contributed by atoms with van der Waals surface area (Å²) in [4.78, 5) is 0. The van der Waals surface area contributed by atoms with Crippen molar-refractivity contribution in [1.29, 1.82) is 0 Å². The zero-order valence-electron chi connectivity index (χ0n) is 3.49. The molecular formula is C3H8BP. The average molecular weight is 85.9 g/mol. The summed E-state index contributed by atoms with van der Waals surface area (Å²) in [5, 5.41) is 0. The molecule has 0 saturated heterocycles. The van der Waals surface area contributed by atoms with E-state index in [1.807, 2.05) is 5.80 Å². The monoisotopic (exact) mass is 86.0 g/mol. The fraction of sp³-hybridized carbons (Fsp3) is 0.667. The van der Waals surface area contributed by atoms with Gasteiger partial charge in [0.05, 0.1) is 0 Å². The van der Waals surface area contributed by atoms with Crippen LogP contribution in [0.15, 0.2) is 0 Å². The largest absolute Gasteiger partial charge is 0.127 e. The van der Waals surface area contributed by atoms with E-state index < -0.39 is 0 Å². The van der Waals surface area contributed by atoms with Gasteiger partial charge in [0.15, 0.2) is 0 Å². The van der Waals surface area contributed by atoms with Crippen LogP contribution in [0.4, 0.5) is 0 Å². The number of hydrogen-bond donors (Lipinski definition) is 0. The maximum absolute atomic E-state index is 3.23. The minimum Gasteiger partial charge on any atom is -0.127 e. The van der Waals surface area contributed by atoms with E-state index >= 15 is 0 Å². The van der Waals surface area contributed by atoms with Gasteiger partial charge in [-0.05, 0) is 6.42 Å². The van der Waals surface area contributed by atoms with Crippen LogP contribution in [0.1, 0.15) is 6.42 Å². The third-order valence-corrected chi connectivity index (χ3v) is 0.722. The Kier molecular flexibility index (Phi) is 4.43. The van der Waals surface area contributed by atoms with Gasteiger partial charge in [0.25, 0.3) is 0 Å². The Labute approximate surface area is 36.2 Å². The third kappa shape index (κ3) is 4.23. The van der Waals surface area contributed by atoms with E-state index in [4.69, 9.17) is 0 Å². The van der Waals surface area contributed by atoms with Crippen molar-refractivity contribution in [1.82, 2.24) is 0 Å². The molecule has 0 amide bonds. The molecule has 0 bridgehead atoms. The van der Waals surface area contributed by atoms with Gasteiger partial charge >= 0.3 is 0 Å². The van der Waals surface area contributed by atoms with E-state index in [1.54, 1.807) is 0 Å². The molecule has 2 heteroatoms. The molecule has 0 aromatic rings. The third-order valence-electron chi connectivity index (χ3n) is 0.433. The topological polar surface area (TPSA) is 0 Å². The first-order valence-electron chi connectivity index (χ1n) is 1.90. The van der Waals surface area contributed by atoms with Crippen LogP contribution in [0, 0.1) is 0 Å². The first-order valence-corrected chi connectivity index (χ1v) is 2.48. The molecule has 28 valence electrons. The zero-order chi connectivity index (χ0) is 4.12. The molecule has 0 nitrogen and oxygen atoms in total. The lowest BCUT2D eigenvalue weighted by molar-refractivity contribution is 1.34. The quantitative estimate of drug-likeness (QED) is 0.336. The van der Waals surface area contributed by atoms with Crippen LogP contribution in [0.5, 0.6) is 0 Å². The van der Waals surface area contributed by atoms with Gasteiger partial charge in [-0.15, -0.1) is 8.86 Å². The Morgan fingerprint density at radius 3 is 2.40 bits per heavy atom. The SMILES string of the molecule is BCCC=P. The molecule has 0 aliphatic carbocycles. The Bertz CT molecular complexity index is 28.1. The lowest BCUT2D eigenvalue weighted by Crippen LogP contribution is -1.65. The van der Waals surface area contributed by atoms with E-state index in [-0.39, 0.29) is 0 Å². The smallest absolute Gasteiger partial charge is 0.101 e. The highest BCUT2D eigenvalue weighted by Crippen LogP contribution is 1.76. The first-order chi connectivity index (χ1) is 2.41. The second kappa shape index (κ2) is 4.23. The van der Waals surface area contributed by atoms with E-state index in [1.165, 1.54) is 12.7 Å². The molecule has 0 unspecified atom stereocenters. The summed E-state index contributed by atoms with van der Waals surface area (Å²) in [6, 6.07) is 0. The van der Waals surface area contributed by atoms with Crippen molar-refractivity contribution in [3.05, 3.63) is 0 Å². The molecule has 0 heterocycles. The van der Waals surface area contributed by atoms with Gasteiger partial charge in [-0.1, -0.05) is 12.1 Å². The molecule has 0 radical (unpaired) electrons. The lowest BCUT2D eigenvalue weighted by atomic mass is 10.0. The van der Waals surface area contributed by atoms with Crippen molar-refractivity contribution in [2.24, 2.45) is 0 Å². The Balaban J connectivity index is 2.40. The molecule has 0 fully saturated rings. The lowest BCUT2D eigenvalue weighted by Gasteiger charge is -1.71. The molecule has 0 rings (SSSR count). The summed E-state index contributed by atoms with van der Waals surface area (Å²) in [6.45, 7) is 0. The standard InChI is InChI=1S/C3H8BP/c4-2-1-3-5/h3,5H,1-2,4H2. The van der Waals surface area contributed by atoms with Crippen molar-refractivity contribution in [2.75, 3.05) is 0 Å². The Morgan fingerprint density at radius 2 is 2.40 bits per heavy atom. The van der Waals surface area contributed by atoms with E-state index in [0.717, 1.165) is 0 Å². The van der Waals surface area contributed by atoms with Crippen molar-refractivity contribution in [3.8, 4) is 0 Å². The normalized spacial score (nSPS) is 7.20. The van der Waals surface area contributed by atoms with Crippen molar-refractivity contribution in [2.45, 2.75) is 12.7 Å². The van der Waals surface area contributed by atoms with Crippen LogP contribution in [0.25, 0.3) is 0 Å². The van der Waals surface area contributed by atoms with Gasteiger partial charge in [0.1, 0.15) is 7.85 Å². The first kappa shape index (κ1) is 5.23. The molecule has 0 atom stereocenters. The van der Waals surface area contributed by atoms with Gasteiger partial charge < -0.3 is 0 Å². The van der Waals surface area contributed by atoms with E-state index in [0.29, 0.717) is 0 Å². The molecule has 0 aromatic carbocycles. The highest BCUT2D eigenvalue weighted by molar-refractivity contribution is 7.18. The summed E-state index contributed by atoms with van der Waals surface area (Å²) < 4.78 is 0. The van der Waals surface area contributed by atoms with Gasteiger partial charge in [0.2, 0.25) is 0 Å². The highest BCUT2D eigenvalue weighted by Gasteiger charge is 1.63. The predicted molar refractivity (Wildman–Crippen MR) is 32.3 cm³/mol. The molecule has 0 aliphatic heterocycles. The minimum atomic E-state index is 1.18. The molecule has 0 saturated carbocycles. The van der Waals surface area contributed by atoms with Crippen molar-refractivity contribution >= 4 is 22.5 Å². The molecule has 0 aromatic heterocycles. The predicted octanol–water partition coefficient (Wildman–Crippen LogP) is 0.373. The second-order valence-electron chi connectivity index (χ2n) is 0.993. The van der Waals surface area contributed by atoms with Crippen LogP contribution in [-0.4, -0.2) is 13.6 Å². The fourth-order valence-corrected chi connectivity index (χ4v) is 0.433. The van der Waals surface area contributed by atoms with Crippen LogP contribution < -0.4 is 0 Å². The van der Waals surface area contributed by atoms with E-state index in [9.17, 15) is 0 Å². The average Bonchev–Trinajstić information content (AvgIpc) is 1.41. The second-order valence-corrected chi connectivity index (χ2v) is 1.40. The number of rotatable bonds is 2. The highest BCUT2D eigenvalue weighted by atomic mass is 31.0. The summed E-state index contributed by atoms with van der Waals surface area (Å²) in [7, 11) is 5.37. The maximum atomic E-state index is 3.23. The van der Waals surface area contributed by atoms with Crippen molar-refractivity contribution in [3.63, 3.8) is 0 Å². The van der Waals surface area contributed by atoms with Gasteiger partial charge in [-0.3, -0.25) is 0 Å². The molecule has 5 heavy (non-hydrogen) atoms. The van der Waals surface area contributed by atoms with Crippen LogP contribution in [0.3, 0.4) is 0 Å². The summed E-state index contributed by atoms with van der Waals surface area (Å²) in [6.07, 6.45) is 2.42. The molecule has 0 N–H and O–H groups in total. The molecule has 0 spiro atoms. The van der Waals surface area contributed by atoms with Gasteiger partial charge in [-0.25, -0.2) is 0 Å². The van der Waals surface area contributed by atoms with E-state index in [2.05, 4.69) is 16.7 Å². The van der Waals surface area contributed by atoms with Crippen molar-refractivity contribution < 1.29 is 0 Å². The summed E-state index contributed by atoms with van der Waals surface area (Å²) >= 11 is 0. The maximum Gasteiger partial charge on any atom is 0.101 e. The zero-order valence-corrected chi connectivity index (χ0v) is 4.49. The van der Waals surface area contributed by atoms with Gasteiger partial charge in [-0.2, -0.15) is 0 Å². The number of hydrogen-bond acceptors (Lipinski definition) is 0. The van der Waals surface area contributed by atoms with Crippen LogP contribution >= 0.6 is 8.86 Å². The molecule has 0 aliphatic rings. The van der Waals surface area contributed by atoms with Gasteiger partial charge in [0, 0.05) is 0 Å². The minimum absolute atomic E-state index is 1.18. The molecular weight excluding hydrogens is 77.8 g/mol. The summed E-state index contributed by atoms with van der Waals surface area (Å²) in [5.41, 5.74) is 0. The summed E-state index contributed by atoms with van der Waals surface area (Å²) in [5.74, 6) is 1.99.